The van der Waals surface area contributed by atoms with Crippen LogP contribution in [0.1, 0.15) is 13.8 Å². The fraction of sp³-hybridized carbons (Fsp3) is 0.533. The van der Waals surface area contributed by atoms with E-state index in [-0.39, 0.29) is 24.8 Å². The number of benzene rings is 1. The summed E-state index contributed by atoms with van der Waals surface area (Å²) in [6, 6.07) is 6.03. The summed E-state index contributed by atoms with van der Waals surface area (Å²) in [4.78, 5) is 11.6. The number of ether oxygens (including phenoxy) is 1. The number of amides is 1. The molecule has 1 rings (SSSR count). The predicted molar refractivity (Wildman–Crippen MR) is 78.6 cm³/mol. The van der Waals surface area contributed by atoms with E-state index >= 15 is 0 Å². The normalized spacial score (nSPS) is 12.8. The molecule has 1 unspecified atom stereocenters. The Labute approximate surface area is 124 Å². The van der Waals surface area contributed by atoms with Gasteiger partial charge < -0.3 is 20.5 Å². The van der Waals surface area contributed by atoms with Crippen LogP contribution in [0.4, 0.5) is 4.39 Å². The molecular formula is C15H23FN2O3. The highest BCUT2D eigenvalue weighted by Gasteiger charge is 2.26. The summed E-state index contributed by atoms with van der Waals surface area (Å²) in [5, 5.41) is 15.4. The topological polar surface area (TPSA) is 70.6 Å². The van der Waals surface area contributed by atoms with E-state index in [4.69, 9.17) is 4.74 Å². The van der Waals surface area contributed by atoms with E-state index in [0.717, 1.165) is 0 Å². The minimum Gasteiger partial charge on any atom is -0.488 e. The van der Waals surface area contributed by atoms with E-state index in [1.165, 1.54) is 12.1 Å². The smallest absolute Gasteiger partial charge is 0.226 e. The van der Waals surface area contributed by atoms with Gasteiger partial charge >= 0.3 is 0 Å². The largest absolute Gasteiger partial charge is 0.488 e. The van der Waals surface area contributed by atoms with Crippen molar-refractivity contribution in [1.82, 2.24) is 10.6 Å². The van der Waals surface area contributed by atoms with E-state index in [0.29, 0.717) is 6.54 Å². The molecule has 1 aromatic carbocycles. The third kappa shape index (κ3) is 5.69. The number of rotatable bonds is 8. The number of para-hydroxylation sites is 1. The molecule has 1 aromatic rings. The van der Waals surface area contributed by atoms with Crippen LogP contribution in [-0.2, 0) is 4.79 Å². The quantitative estimate of drug-likeness (QED) is 0.668. The molecular weight excluding hydrogens is 275 g/mol. The van der Waals surface area contributed by atoms with E-state index < -0.39 is 17.3 Å². The Hall–Kier alpha value is -1.66. The van der Waals surface area contributed by atoms with Crippen LogP contribution in [-0.4, -0.2) is 43.9 Å². The van der Waals surface area contributed by atoms with Crippen molar-refractivity contribution in [2.24, 2.45) is 5.41 Å². The highest BCUT2D eigenvalue weighted by Crippen LogP contribution is 2.15. The summed E-state index contributed by atoms with van der Waals surface area (Å²) >= 11 is 0. The van der Waals surface area contributed by atoms with Crippen molar-refractivity contribution in [1.29, 1.82) is 0 Å². The van der Waals surface area contributed by atoms with Gasteiger partial charge in [0.1, 0.15) is 12.7 Å². The lowest BCUT2D eigenvalue weighted by atomic mass is 9.92. The first-order valence-corrected chi connectivity index (χ1v) is 6.85. The van der Waals surface area contributed by atoms with Gasteiger partial charge in [0, 0.05) is 20.1 Å². The highest BCUT2D eigenvalue weighted by atomic mass is 19.1. The fourth-order valence-corrected chi connectivity index (χ4v) is 1.78. The maximum atomic E-state index is 13.3. The van der Waals surface area contributed by atoms with E-state index in [2.05, 4.69) is 10.6 Å². The maximum absolute atomic E-state index is 13.3. The summed E-state index contributed by atoms with van der Waals surface area (Å²) < 4.78 is 18.5. The number of nitrogens with one attached hydrogen (secondary N) is 2. The van der Waals surface area contributed by atoms with E-state index in [1.807, 2.05) is 0 Å². The lowest BCUT2D eigenvalue weighted by Crippen LogP contribution is -2.44. The highest BCUT2D eigenvalue weighted by molar-refractivity contribution is 5.81. The monoisotopic (exact) mass is 298 g/mol. The molecule has 0 fully saturated rings. The van der Waals surface area contributed by atoms with Gasteiger partial charge in [-0.05, 0) is 26.0 Å². The molecule has 3 N–H and O–H groups in total. The molecule has 1 atom stereocenters. The van der Waals surface area contributed by atoms with Crippen molar-refractivity contribution >= 4 is 5.91 Å². The number of hydrogen-bond acceptors (Lipinski definition) is 4. The van der Waals surface area contributed by atoms with Gasteiger partial charge in [0.2, 0.25) is 5.91 Å². The molecule has 0 saturated heterocycles. The molecule has 1 amide bonds. The minimum atomic E-state index is -0.787. The number of aliphatic hydroxyl groups excluding tert-OH is 1. The summed E-state index contributed by atoms with van der Waals surface area (Å²) in [7, 11) is 1.58. The summed E-state index contributed by atoms with van der Waals surface area (Å²) in [5.41, 5.74) is -0.569. The molecule has 0 aliphatic rings. The second-order valence-corrected chi connectivity index (χ2v) is 5.49. The van der Waals surface area contributed by atoms with Crippen LogP contribution in [0, 0.1) is 11.2 Å². The van der Waals surface area contributed by atoms with Crippen molar-refractivity contribution in [2.45, 2.75) is 20.0 Å². The van der Waals surface area contributed by atoms with Crippen molar-refractivity contribution < 1.29 is 19.0 Å². The molecule has 6 heteroatoms. The molecule has 5 nitrogen and oxygen atoms in total. The molecule has 0 aromatic heterocycles. The number of halogens is 1. The van der Waals surface area contributed by atoms with E-state index in [1.54, 1.807) is 33.0 Å². The zero-order chi connectivity index (χ0) is 15.9. The van der Waals surface area contributed by atoms with Crippen LogP contribution in [0.5, 0.6) is 5.75 Å². The SMILES string of the molecule is CNC(=O)C(C)(C)CNCC(O)COc1ccccc1F. The molecule has 0 aliphatic heterocycles. The Morgan fingerprint density at radius 1 is 1.43 bits per heavy atom. The van der Waals surface area contributed by atoms with Crippen molar-refractivity contribution in [3.05, 3.63) is 30.1 Å². The van der Waals surface area contributed by atoms with Crippen LogP contribution >= 0.6 is 0 Å². The molecule has 0 saturated carbocycles. The van der Waals surface area contributed by atoms with Crippen LogP contribution in [0.25, 0.3) is 0 Å². The van der Waals surface area contributed by atoms with Gasteiger partial charge in [-0.1, -0.05) is 12.1 Å². The van der Waals surface area contributed by atoms with Crippen LogP contribution in [0.2, 0.25) is 0 Å². The molecule has 0 heterocycles. The molecule has 118 valence electrons. The van der Waals surface area contributed by atoms with Gasteiger partial charge in [-0.3, -0.25) is 4.79 Å². The Kier molecular flexibility index (Phi) is 6.58. The number of hydrogen-bond donors (Lipinski definition) is 3. The minimum absolute atomic E-state index is 0.0195. The molecule has 0 radical (unpaired) electrons. The molecule has 0 bridgehead atoms. The molecule has 21 heavy (non-hydrogen) atoms. The van der Waals surface area contributed by atoms with Crippen LogP contribution < -0.4 is 15.4 Å². The number of aliphatic hydroxyl groups is 1. The van der Waals surface area contributed by atoms with Gasteiger partial charge in [-0.15, -0.1) is 0 Å². The van der Waals surface area contributed by atoms with Gasteiger partial charge in [0.05, 0.1) is 5.41 Å². The predicted octanol–water partition coefficient (Wildman–Crippen LogP) is 0.927. The van der Waals surface area contributed by atoms with Gasteiger partial charge in [0.15, 0.2) is 11.6 Å². The van der Waals surface area contributed by atoms with Crippen molar-refractivity contribution in [3.8, 4) is 5.75 Å². The number of carbonyl (C=O) groups is 1. The lowest BCUT2D eigenvalue weighted by Gasteiger charge is -2.23. The lowest BCUT2D eigenvalue weighted by molar-refractivity contribution is -0.128. The van der Waals surface area contributed by atoms with E-state index in [9.17, 15) is 14.3 Å². The Morgan fingerprint density at radius 3 is 2.71 bits per heavy atom. The first kappa shape index (κ1) is 17.4. The van der Waals surface area contributed by atoms with Crippen molar-refractivity contribution in [3.63, 3.8) is 0 Å². The standard InChI is InChI=1S/C15H23FN2O3/c1-15(2,14(20)17-3)10-18-8-11(19)9-21-13-7-5-4-6-12(13)16/h4-7,11,18-19H,8-10H2,1-3H3,(H,17,20). The van der Waals surface area contributed by atoms with Gasteiger partial charge in [-0.2, -0.15) is 0 Å². The Balaban J connectivity index is 2.30. The van der Waals surface area contributed by atoms with Crippen LogP contribution in [0.3, 0.4) is 0 Å². The third-order valence-electron chi connectivity index (χ3n) is 3.06. The second-order valence-electron chi connectivity index (χ2n) is 5.49. The molecule has 0 spiro atoms. The Morgan fingerprint density at radius 2 is 2.10 bits per heavy atom. The fourth-order valence-electron chi connectivity index (χ4n) is 1.78. The third-order valence-corrected chi connectivity index (χ3v) is 3.06. The second kappa shape index (κ2) is 7.95. The average Bonchev–Trinajstić information content (AvgIpc) is 2.45. The van der Waals surface area contributed by atoms with Gasteiger partial charge in [-0.25, -0.2) is 4.39 Å². The summed E-state index contributed by atoms with van der Waals surface area (Å²) in [6.45, 7) is 4.27. The number of carbonyl (C=O) groups excluding carboxylic acids is 1. The average molecular weight is 298 g/mol. The first-order valence-electron chi connectivity index (χ1n) is 6.85. The Bertz CT molecular complexity index is 466. The summed E-state index contributed by atoms with van der Waals surface area (Å²) in [5.74, 6) is -0.423. The molecule has 0 aliphatic carbocycles. The maximum Gasteiger partial charge on any atom is 0.226 e. The zero-order valence-corrected chi connectivity index (χ0v) is 12.6. The zero-order valence-electron chi connectivity index (χ0n) is 12.6. The van der Waals surface area contributed by atoms with Gasteiger partial charge in [0.25, 0.3) is 0 Å². The first-order chi connectivity index (χ1) is 9.86. The summed E-state index contributed by atoms with van der Waals surface area (Å²) in [6.07, 6.45) is -0.787. The van der Waals surface area contributed by atoms with Crippen LogP contribution in [0.15, 0.2) is 24.3 Å². The van der Waals surface area contributed by atoms with Crippen molar-refractivity contribution in [2.75, 3.05) is 26.7 Å².